The molecule has 0 bridgehead atoms. The summed E-state index contributed by atoms with van der Waals surface area (Å²) in [4.78, 5) is 28.8. The third-order valence-corrected chi connectivity index (χ3v) is 6.86. The first kappa shape index (κ1) is 28.6. The molecule has 4 rings (SSSR count). The average Bonchev–Trinajstić information content (AvgIpc) is 3.44. The molecule has 0 spiro atoms. The quantitative estimate of drug-likeness (QED) is 0.353. The van der Waals surface area contributed by atoms with Gasteiger partial charge < -0.3 is 23.8 Å². The minimum Gasteiger partial charge on any atom is -0.497 e. The Hall–Kier alpha value is -4.37. The molecule has 40 heavy (non-hydrogen) atoms. The maximum Gasteiger partial charge on any atom is 0.262 e. The average molecular weight is 546 g/mol. The molecule has 9 nitrogen and oxygen atoms in total. The molecule has 0 fully saturated rings. The molecule has 2 amide bonds. The third kappa shape index (κ3) is 6.43. The lowest BCUT2D eigenvalue weighted by Crippen LogP contribution is -2.42. The fourth-order valence-corrected chi connectivity index (χ4v) is 4.59. The highest BCUT2D eigenvalue weighted by Gasteiger charge is 2.35. The molecule has 0 saturated carbocycles. The summed E-state index contributed by atoms with van der Waals surface area (Å²) >= 11 is 0. The van der Waals surface area contributed by atoms with Crippen molar-refractivity contribution in [3.05, 3.63) is 89.0 Å². The lowest BCUT2D eigenvalue weighted by molar-refractivity contribution is -0.133. The van der Waals surface area contributed by atoms with Crippen molar-refractivity contribution in [2.45, 2.75) is 19.4 Å². The number of hydrogen-bond acceptors (Lipinski definition) is 7. The van der Waals surface area contributed by atoms with E-state index in [-0.39, 0.29) is 37.6 Å². The number of methoxy groups -OCH3 is 4. The molecule has 9 heteroatoms. The molecule has 1 aliphatic heterocycles. The molecule has 0 N–H and O–H groups in total. The number of benzene rings is 3. The molecule has 0 aliphatic carbocycles. The van der Waals surface area contributed by atoms with E-state index < -0.39 is 0 Å². The van der Waals surface area contributed by atoms with E-state index in [9.17, 15) is 9.59 Å². The van der Waals surface area contributed by atoms with Crippen molar-refractivity contribution < 1.29 is 28.5 Å². The van der Waals surface area contributed by atoms with Gasteiger partial charge in [0.1, 0.15) is 23.8 Å². The van der Waals surface area contributed by atoms with Gasteiger partial charge in [-0.15, -0.1) is 0 Å². The lowest BCUT2D eigenvalue weighted by Gasteiger charge is -2.27. The standard InChI is InChI=1S/C31H35N3O6/c1-21-6-8-22(9-7-21)28-19-27(26-15-14-25(39-4)18-29(26)40-5)32-34(28)30(35)20-33(16-17-37-2)31(36)23-10-12-24(38-3)13-11-23/h6-15,18,28H,16-17,19-20H2,1-5H3. The van der Waals surface area contributed by atoms with Gasteiger partial charge in [0.15, 0.2) is 0 Å². The first-order valence-electron chi connectivity index (χ1n) is 13.0. The molecular formula is C31H35N3O6. The van der Waals surface area contributed by atoms with E-state index in [4.69, 9.17) is 24.0 Å². The molecule has 3 aromatic rings. The second-order valence-corrected chi connectivity index (χ2v) is 9.43. The van der Waals surface area contributed by atoms with Crippen LogP contribution >= 0.6 is 0 Å². The van der Waals surface area contributed by atoms with E-state index in [0.29, 0.717) is 34.9 Å². The van der Waals surface area contributed by atoms with E-state index >= 15 is 0 Å². The molecular weight excluding hydrogens is 510 g/mol. The van der Waals surface area contributed by atoms with Crippen molar-refractivity contribution >= 4 is 17.5 Å². The fraction of sp³-hybridized carbons (Fsp3) is 0.323. The zero-order valence-electron chi connectivity index (χ0n) is 23.5. The van der Waals surface area contributed by atoms with Gasteiger partial charge in [0.2, 0.25) is 0 Å². The van der Waals surface area contributed by atoms with Crippen LogP contribution in [0.1, 0.15) is 39.5 Å². The Kier molecular flexibility index (Phi) is 9.39. The van der Waals surface area contributed by atoms with Crippen LogP contribution in [0.2, 0.25) is 0 Å². The molecule has 1 atom stereocenters. The van der Waals surface area contributed by atoms with Crippen molar-refractivity contribution in [2.75, 3.05) is 48.1 Å². The van der Waals surface area contributed by atoms with Crippen molar-refractivity contribution in [3.63, 3.8) is 0 Å². The molecule has 210 valence electrons. The fourth-order valence-electron chi connectivity index (χ4n) is 4.59. The summed E-state index contributed by atoms with van der Waals surface area (Å²) in [5, 5.41) is 6.28. The summed E-state index contributed by atoms with van der Waals surface area (Å²) in [5.41, 5.74) is 4.02. The Balaban J connectivity index is 1.66. The number of aryl methyl sites for hydroxylation is 1. The highest BCUT2D eigenvalue weighted by Crippen LogP contribution is 2.36. The molecule has 3 aromatic carbocycles. The van der Waals surface area contributed by atoms with Crippen molar-refractivity contribution in [2.24, 2.45) is 5.10 Å². The van der Waals surface area contributed by atoms with Crippen LogP contribution in [0, 0.1) is 6.92 Å². The van der Waals surface area contributed by atoms with Crippen LogP contribution < -0.4 is 14.2 Å². The topological polar surface area (TPSA) is 89.9 Å². The normalized spacial score (nSPS) is 14.5. The molecule has 1 unspecified atom stereocenters. The van der Waals surface area contributed by atoms with Gasteiger partial charge in [-0.05, 0) is 48.9 Å². The SMILES string of the molecule is COCCN(CC(=O)N1N=C(c2ccc(OC)cc2OC)CC1c1ccc(C)cc1)C(=O)c1ccc(OC)cc1. The number of hydrazone groups is 1. The van der Waals surface area contributed by atoms with Crippen LogP contribution in [0.25, 0.3) is 0 Å². The monoisotopic (exact) mass is 545 g/mol. The Labute approximate surface area is 234 Å². The number of amides is 2. The third-order valence-electron chi connectivity index (χ3n) is 6.86. The number of ether oxygens (including phenoxy) is 4. The van der Waals surface area contributed by atoms with Gasteiger partial charge in [0.05, 0.1) is 39.7 Å². The van der Waals surface area contributed by atoms with E-state index in [2.05, 4.69) is 0 Å². The maximum atomic E-state index is 13.9. The summed E-state index contributed by atoms with van der Waals surface area (Å²) in [5.74, 6) is 1.33. The first-order valence-corrected chi connectivity index (χ1v) is 13.0. The van der Waals surface area contributed by atoms with Crippen molar-refractivity contribution in [3.8, 4) is 17.2 Å². The summed E-state index contributed by atoms with van der Waals surface area (Å²) in [6.45, 7) is 2.39. The highest BCUT2D eigenvalue weighted by molar-refractivity contribution is 6.05. The summed E-state index contributed by atoms with van der Waals surface area (Å²) in [6.07, 6.45) is 0.488. The van der Waals surface area contributed by atoms with Crippen molar-refractivity contribution in [1.82, 2.24) is 9.91 Å². The largest absolute Gasteiger partial charge is 0.497 e. The van der Waals surface area contributed by atoms with Crippen LogP contribution in [0.4, 0.5) is 0 Å². The van der Waals surface area contributed by atoms with E-state index in [0.717, 1.165) is 16.7 Å². The molecule has 0 aromatic heterocycles. The molecule has 1 aliphatic rings. The molecule has 1 heterocycles. The van der Waals surface area contributed by atoms with Gasteiger partial charge >= 0.3 is 0 Å². The summed E-state index contributed by atoms with van der Waals surface area (Å²) < 4.78 is 21.4. The summed E-state index contributed by atoms with van der Waals surface area (Å²) in [6, 6.07) is 20.0. The predicted molar refractivity (Wildman–Crippen MR) is 152 cm³/mol. The second kappa shape index (κ2) is 13.1. The number of hydrogen-bond donors (Lipinski definition) is 0. The van der Waals surface area contributed by atoms with Crippen molar-refractivity contribution in [1.29, 1.82) is 0 Å². The number of rotatable bonds is 11. The zero-order valence-corrected chi connectivity index (χ0v) is 23.5. The van der Waals surface area contributed by atoms with Gasteiger partial charge in [-0.1, -0.05) is 29.8 Å². The van der Waals surface area contributed by atoms with E-state index in [1.165, 1.54) is 9.91 Å². The minimum absolute atomic E-state index is 0.160. The second-order valence-electron chi connectivity index (χ2n) is 9.43. The number of nitrogens with zero attached hydrogens (tertiary/aromatic N) is 3. The summed E-state index contributed by atoms with van der Waals surface area (Å²) in [7, 11) is 6.31. The Morgan fingerprint density at radius 3 is 2.20 bits per heavy atom. The van der Waals surface area contributed by atoms with E-state index in [1.807, 2.05) is 43.3 Å². The van der Waals surface area contributed by atoms with Gasteiger partial charge in [0.25, 0.3) is 11.8 Å². The zero-order chi connectivity index (χ0) is 28.6. The van der Waals surface area contributed by atoms with Crippen LogP contribution in [-0.2, 0) is 9.53 Å². The van der Waals surface area contributed by atoms with Crippen LogP contribution in [0.15, 0.2) is 71.8 Å². The Morgan fingerprint density at radius 1 is 0.900 bits per heavy atom. The lowest BCUT2D eigenvalue weighted by atomic mass is 9.97. The highest BCUT2D eigenvalue weighted by atomic mass is 16.5. The Bertz CT molecular complexity index is 1350. The van der Waals surface area contributed by atoms with Gasteiger partial charge in [0, 0.05) is 37.3 Å². The molecule has 0 saturated heterocycles. The van der Waals surface area contributed by atoms with Gasteiger partial charge in [-0.25, -0.2) is 5.01 Å². The van der Waals surface area contributed by atoms with Crippen LogP contribution in [0.5, 0.6) is 17.2 Å². The number of carbonyl (C=O) groups excluding carboxylic acids is 2. The first-order chi connectivity index (χ1) is 19.4. The predicted octanol–water partition coefficient (Wildman–Crippen LogP) is 4.49. The van der Waals surface area contributed by atoms with E-state index in [1.54, 1.807) is 58.8 Å². The van der Waals surface area contributed by atoms with Crippen LogP contribution in [0.3, 0.4) is 0 Å². The number of carbonyl (C=O) groups is 2. The molecule has 0 radical (unpaired) electrons. The maximum absolute atomic E-state index is 13.9. The van der Waals surface area contributed by atoms with Crippen LogP contribution in [-0.4, -0.2) is 75.6 Å². The smallest absolute Gasteiger partial charge is 0.262 e. The Morgan fingerprint density at radius 2 is 1.57 bits per heavy atom. The minimum atomic E-state index is -0.338. The van der Waals surface area contributed by atoms with Gasteiger partial charge in [-0.2, -0.15) is 5.10 Å². The van der Waals surface area contributed by atoms with Gasteiger partial charge in [-0.3, -0.25) is 9.59 Å².